The first-order chi connectivity index (χ1) is 7.22. The van der Waals surface area contributed by atoms with Gasteiger partial charge >= 0.3 is 0 Å². The first-order valence-electron chi connectivity index (χ1n) is 4.40. The fraction of sp³-hybridized carbons (Fsp3) is 0.200. The number of aromatic nitrogens is 2. The average molecular weight is 208 g/mol. The summed E-state index contributed by atoms with van der Waals surface area (Å²) in [7, 11) is 0. The van der Waals surface area contributed by atoms with Crippen molar-refractivity contribution in [2.24, 2.45) is 0 Å². The van der Waals surface area contributed by atoms with Gasteiger partial charge in [-0.25, -0.2) is 4.98 Å². The molecule has 5 heteroatoms. The monoisotopic (exact) mass is 208 g/mol. The third-order valence-corrected chi connectivity index (χ3v) is 2.09. The third kappa shape index (κ3) is 1.73. The van der Waals surface area contributed by atoms with Gasteiger partial charge in [0.25, 0.3) is 0 Å². The maximum atomic E-state index is 12.9. The fourth-order valence-corrected chi connectivity index (χ4v) is 1.45. The van der Waals surface area contributed by atoms with Crippen molar-refractivity contribution in [1.82, 2.24) is 10.1 Å². The Morgan fingerprint density at radius 1 is 1.53 bits per heavy atom. The highest BCUT2D eigenvalue weighted by atomic mass is 19.1. The van der Waals surface area contributed by atoms with Gasteiger partial charge in [-0.15, -0.1) is 0 Å². The summed E-state index contributed by atoms with van der Waals surface area (Å²) in [5.74, 6) is -0.241. The van der Waals surface area contributed by atoms with Gasteiger partial charge in [0.2, 0.25) is 5.95 Å². The van der Waals surface area contributed by atoms with Gasteiger partial charge in [0, 0.05) is 12.3 Å². The second-order valence-corrected chi connectivity index (χ2v) is 3.09. The van der Waals surface area contributed by atoms with Crippen molar-refractivity contribution >= 4 is 0 Å². The summed E-state index contributed by atoms with van der Waals surface area (Å²) < 4.78 is 17.8. The van der Waals surface area contributed by atoms with Gasteiger partial charge in [-0.3, -0.25) is 0 Å². The van der Waals surface area contributed by atoms with Crippen molar-refractivity contribution in [1.29, 1.82) is 0 Å². The summed E-state index contributed by atoms with van der Waals surface area (Å²) >= 11 is 0. The first kappa shape index (κ1) is 9.79. The smallest absolute Gasteiger partial charge is 0.213 e. The van der Waals surface area contributed by atoms with E-state index < -0.39 is 5.95 Å². The molecule has 0 aliphatic carbocycles. The Bertz CT molecular complexity index is 482. The SMILES string of the molecule is Cc1noc(CO)c1-c1ccnc(F)c1. The summed E-state index contributed by atoms with van der Waals surface area (Å²) in [6.45, 7) is 1.47. The molecule has 0 atom stereocenters. The Balaban J connectivity index is 2.57. The number of hydrogen-bond donors (Lipinski definition) is 1. The van der Waals surface area contributed by atoms with Crippen molar-refractivity contribution < 1.29 is 14.0 Å². The molecule has 0 unspecified atom stereocenters. The molecule has 0 bridgehead atoms. The first-order valence-corrected chi connectivity index (χ1v) is 4.40. The second kappa shape index (κ2) is 3.78. The van der Waals surface area contributed by atoms with E-state index in [1.165, 1.54) is 12.3 Å². The predicted molar refractivity (Wildman–Crippen MR) is 50.4 cm³/mol. The van der Waals surface area contributed by atoms with Crippen molar-refractivity contribution in [3.05, 3.63) is 35.7 Å². The summed E-state index contributed by atoms with van der Waals surface area (Å²) in [4.78, 5) is 3.45. The maximum absolute atomic E-state index is 12.9. The van der Waals surface area contributed by atoms with E-state index in [-0.39, 0.29) is 6.61 Å². The zero-order valence-corrected chi connectivity index (χ0v) is 8.07. The molecule has 15 heavy (non-hydrogen) atoms. The van der Waals surface area contributed by atoms with Gasteiger partial charge in [0.1, 0.15) is 6.61 Å². The standard InChI is InChI=1S/C10H9FN2O2/c1-6-10(8(5-14)15-13-6)7-2-3-12-9(11)4-7/h2-4,14H,5H2,1H3. The van der Waals surface area contributed by atoms with Crippen LogP contribution < -0.4 is 0 Å². The summed E-state index contributed by atoms with van der Waals surface area (Å²) in [5.41, 5.74) is 1.84. The van der Waals surface area contributed by atoms with Crippen LogP contribution in [0.1, 0.15) is 11.5 Å². The molecule has 2 aromatic heterocycles. The molecule has 2 rings (SSSR count). The van der Waals surface area contributed by atoms with Crippen molar-refractivity contribution in [3.8, 4) is 11.1 Å². The number of pyridine rings is 1. The molecule has 0 saturated heterocycles. The Hall–Kier alpha value is -1.75. The van der Waals surface area contributed by atoms with Crippen LogP contribution in [0, 0.1) is 12.9 Å². The van der Waals surface area contributed by atoms with Crippen LogP contribution in [0.3, 0.4) is 0 Å². The van der Waals surface area contributed by atoms with Crippen LogP contribution in [-0.2, 0) is 6.61 Å². The molecule has 0 fully saturated rings. The molecule has 0 spiro atoms. The van der Waals surface area contributed by atoms with Crippen LogP contribution in [0.2, 0.25) is 0 Å². The van der Waals surface area contributed by atoms with E-state index in [1.54, 1.807) is 13.0 Å². The number of rotatable bonds is 2. The number of halogens is 1. The molecule has 4 nitrogen and oxygen atoms in total. The zero-order chi connectivity index (χ0) is 10.8. The van der Waals surface area contributed by atoms with Gasteiger partial charge in [-0.05, 0) is 18.6 Å². The number of aliphatic hydroxyl groups is 1. The second-order valence-electron chi connectivity index (χ2n) is 3.09. The number of nitrogens with zero attached hydrogens (tertiary/aromatic N) is 2. The summed E-state index contributed by atoms with van der Waals surface area (Å²) in [6, 6.07) is 2.92. The highest BCUT2D eigenvalue weighted by molar-refractivity contribution is 5.67. The lowest BCUT2D eigenvalue weighted by Crippen LogP contribution is -1.88. The molecule has 0 amide bonds. The molecule has 0 radical (unpaired) electrons. The number of aryl methyl sites for hydroxylation is 1. The number of aliphatic hydroxyl groups excluding tert-OH is 1. The lowest BCUT2D eigenvalue weighted by atomic mass is 10.1. The third-order valence-electron chi connectivity index (χ3n) is 2.09. The number of hydrogen-bond acceptors (Lipinski definition) is 4. The van der Waals surface area contributed by atoms with E-state index in [2.05, 4.69) is 10.1 Å². The minimum absolute atomic E-state index is 0.264. The lowest BCUT2D eigenvalue weighted by Gasteiger charge is -2.00. The van der Waals surface area contributed by atoms with E-state index in [9.17, 15) is 4.39 Å². The van der Waals surface area contributed by atoms with E-state index in [4.69, 9.17) is 9.63 Å². The Morgan fingerprint density at radius 2 is 2.33 bits per heavy atom. The molecule has 0 saturated carbocycles. The summed E-state index contributed by atoms with van der Waals surface area (Å²) in [5, 5.41) is 12.7. The molecular weight excluding hydrogens is 199 g/mol. The fourth-order valence-electron chi connectivity index (χ4n) is 1.45. The lowest BCUT2D eigenvalue weighted by molar-refractivity contribution is 0.229. The minimum atomic E-state index is -0.572. The Morgan fingerprint density at radius 3 is 3.00 bits per heavy atom. The van der Waals surface area contributed by atoms with E-state index in [0.29, 0.717) is 22.6 Å². The maximum Gasteiger partial charge on any atom is 0.213 e. The van der Waals surface area contributed by atoms with Crippen molar-refractivity contribution in [2.75, 3.05) is 0 Å². The molecule has 2 aromatic rings. The molecule has 2 heterocycles. The van der Waals surface area contributed by atoms with Gasteiger partial charge in [0.05, 0.1) is 11.3 Å². The molecule has 0 aliphatic rings. The predicted octanol–water partition coefficient (Wildman–Crippen LogP) is 1.68. The topological polar surface area (TPSA) is 59.2 Å². The highest BCUT2D eigenvalue weighted by Crippen LogP contribution is 2.27. The van der Waals surface area contributed by atoms with Gasteiger partial charge in [-0.1, -0.05) is 5.16 Å². The molecule has 78 valence electrons. The average Bonchev–Trinajstić information content (AvgIpc) is 2.59. The highest BCUT2D eigenvalue weighted by Gasteiger charge is 2.14. The van der Waals surface area contributed by atoms with Gasteiger partial charge < -0.3 is 9.63 Å². The largest absolute Gasteiger partial charge is 0.388 e. The van der Waals surface area contributed by atoms with E-state index in [0.717, 1.165) is 0 Å². The summed E-state index contributed by atoms with van der Waals surface area (Å²) in [6.07, 6.45) is 1.36. The van der Waals surface area contributed by atoms with E-state index >= 15 is 0 Å². The van der Waals surface area contributed by atoms with Crippen molar-refractivity contribution in [2.45, 2.75) is 13.5 Å². The normalized spacial score (nSPS) is 10.6. The van der Waals surface area contributed by atoms with Crippen LogP contribution >= 0.6 is 0 Å². The van der Waals surface area contributed by atoms with E-state index in [1.807, 2.05) is 0 Å². The molecule has 0 aliphatic heterocycles. The van der Waals surface area contributed by atoms with Gasteiger partial charge in [0.15, 0.2) is 5.76 Å². The minimum Gasteiger partial charge on any atom is -0.388 e. The zero-order valence-electron chi connectivity index (χ0n) is 8.07. The van der Waals surface area contributed by atoms with Crippen LogP contribution in [0.25, 0.3) is 11.1 Å². The van der Waals surface area contributed by atoms with Crippen LogP contribution in [-0.4, -0.2) is 15.2 Å². The van der Waals surface area contributed by atoms with Gasteiger partial charge in [-0.2, -0.15) is 4.39 Å². The van der Waals surface area contributed by atoms with Crippen molar-refractivity contribution in [3.63, 3.8) is 0 Å². The van der Waals surface area contributed by atoms with Crippen LogP contribution in [0.15, 0.2) is 22.9 Å². The molecule has 1 N–H and O–H groups in total. The van der Waals surface area contributed by atoms with Crippen LogP contribution in [0.5, 0.6) is 0 Å². The Labute approximate surface area is 85.4 Å². The molecular formula is C10H9FN2O2. The molecule has 0 aromatic carbocycles. The van der Waals surface area contributed by atoms with Crippen LogP contribution in [0.4, 0.5) is 4.39 Å². The quantitative estimate of drug-likeness (QED) is 0.763. The Kier molecular flexibility index (Phi) is 2.47.